The average Bonchev–Trinajstić information content (AvgIpc) is 3.29. The highest BCUT2D eigenvalue weighted by molar-refractivity contribution is 7.89. The minimum atomic E-state index is -3.79. The summed E-state index contributed by atoms with van der Waals surface area (Å²) in [5.74, 6) is -1.15. The van der Waals surface area contributed by atoms with Gasteiger partial charge in [0.15, 0.2) is 0 Å². The van der Waals surface area contributed by atoms with Crippen LogP contribution in [-0.2, 0) is 34.3 Å². The molecule has 2 N–H and O–H groups in total. The van der Waals surface area contributed by atoms with E-state index in [4.69, 9.17) is 4.74 Å². The van der Waals surface area contributed by atoms with Crippen LogP contribution in [0.2, 0.25) is 0 Å². The number of amides is 3. The second-order valence-electron chi connectivity index (χ2n) is 9.27. The third-order valence-electron chi connectivity index (χ3n) is 6.50. The average molecular weight is 585 g/mol. The summed E-state index contributed by atoms with van der Waals surface area (Å²) in [6, 6.07) is 15.0. The monoisotopic (exact) mass is 584 g/mol. The number of sulfonamides is 1. The third-order valence-corrected chi connectivity index (χ3v) is 9.57. The summed E-state index contributed by atoms with van der Waals surface area (Å²) in [7, 11) is -1.82. The van der Waals surface area contributed by atoms with Crippen molar-refractivity contribution in [3.8, 4) is 0 Å². The Morgan fingerprint density at radius 2 is 1.73 bits per heavy atom. The number of alkyl carbamates (subject to hydrolysis) is 1. The van der Waals surface area contributed by atoms with E-state index in [1.165, 1.54) is 39.9 Å². The Hall–Kier alpha value is -3.58. The van der Waals surface area contributed by atoms with Crippen LogP contribution in [0.4, 0.5) is 9.80 Å². The van der Waals surface area contributed by atoms with E-state index in [9.17, 15) is 22.8 Å². The number of rotatable bonds is 9. The fourth-order valence-corrected chi connectivity index (χ4v) is 7.20. The molecule has 1 aliphatic heterocycles. The Morgan fingerprint density at radius 3 is 2.38 bits per heavy atom. The summed E-state index contributed by atoms with van der Waals surface area (Å²) in [4.78, 5) is 41.2. The number of anilines is 1. The minimum absolute atomic E-state index is 0.0750. The van der Waals surface area contributed by atoms with Crippen LogP contribution in [0.15, 0.2) is 59.5 Å². The van der Waals surface area contributed by atoms with Crippen molar-refractivity contribution >= 4 is 44.3 Å². The van der Waals surface area contributed by atoms with Crippen LogP contribution in [-0.4, -0.2) is 62.3 Å². The molecule has 2 aromatic carbocycles. The maximum absolute atomic E-state index is 13.3. The van der Waals surface area contributed by atoms with E-state index < -0.39 is 27.9 Å². The maximum Gasteiger partial charge on any atom is 0.414 e. The third kappa shape index (κ3) is 6.58. The Kier molecular flexibility index (Phi) is 9.36. The molecule has 0 bridgehead atoms. The van der Waals surface area contributed by atoms with Gasteiger partial charge in [-0.1, -0.05) is 37.3 Å². The van der Waals surface area contributed by atoms with Gasteiger partial charge in [-0.25, -0.2) is 13.2 Å². The number of thiophene rings is 1. The largest absolute Gasteiger partial charge is 0.450 e. The first-order valence-electron chi connectivity index (χ1n) is 12.9. The molecule has 40 heavy (non-hydrogen) atoms. The number of carbonyl (C=O) groups excluding carboxylic acids is 3. The molecular weight excluding hydrogens is 552 g/mol. The van der Waals surface area contributed by atoms with Gasteiger partial charge in [0.2, 0.25) is 10.0 Å². The first kappa shape index (κ1) is 29.4. The van der Waals surface area contributed by atoms with Crippen LogP contribution in [0.25, 0.3) is 0 Å². The highest BCUT2D eigenvalue weighted by Gasteiger charge is 2.29. The van der Waals surface area contributed by atoms with Gasteiger partial charge in [-0.3, -0.25) is 14.9 Å². The highest BCUT2D eigenvalue weighted by Crippen LogP contribution is 2.37. The number of nitrogens with one attached hydrogen (secondary N) is 2. The standard InChI is InChI=1S/C28H32N4O6S2/c1-4-32(17-19-9-7-6-8-10-19)40(36,37)21-13-11-20(12-14-21)25(33)29-27-24(26(34)30-28(35)38-5-2)22-15-16-31(3)18-23(22)39-27/h6-14H,4-5,15-18H2,1-3H3,(H,29,33)(H,30,34,35). The zero-order valence-electron chi connectivity index (χ0n) is 22.6. The number of carbonyl (C=O) groups is 3. The van der Waals surface area contributed by atoms with Gasteiger partial charge in [-0.15, -0.1) is 11.3 Å². The molecule has 12 heteroatoms. The fourth-order valence-electron chi connectivity index (χ4n) is 4.44. The van der Waals surface area contributed by atoms with Crippen LogP contribution < -0.4 is 10.6 Å². The molecule has 10 nitrogen and oxygen atoms in total. The number of likely N-dealkylation sites (N-methyl/N-ethyl adjacent to an activating group) is 1. The van der Waals surface area contributed by atoms with Crippen molar-refractivity contribution in [1.29, 1.82) is 0 Å². The van der Waals surface area contributed by atoms with E-state index in [0.717, 1.165) is 22.5 Å². The summed E-state index contributed by atoms with van der Waals surface area (Å²) >= 11 is 1.28. The topological polar surface area (TPSA) is 125 Å². The second kappa shape index (κ2) is 12.7. The molecule has 3 aromatic rings. The molecule has 0 atom stereocenters. The van der Waals surface area contributed by atoms with Crippen LogP contribution in [0, 0.1) is 0 Å². The predicted octanol–water partition coefficient (Wildman–Crippen LogP) is 4.09. The number of fused-ring (bicyclic) bond motifs is 1. The van der Waals surface area contributed by atoms with Crippen molar-refractivity contribution in [2.75, 3.05) is 32.1 Å². The van der Waals surface area contributed by atoms with E-state index in [1.807, 2.05) is 37.4 Å². The van der Waals surface area contributed by atoms with Crippen LogP contribution >= 0.6 is 11.3 Å². The SMILES string of the molecule is CCOC(=O)NC(=O)c1c(NC(=O)c2ccc(S(=O)(=O)N(CC)Cc3ccccc3)cc2)sc2c1CCN(C)C2. The minimum Gasteiger partial charge on any atom is -0.450 e. The van der Waals surface area contributed by atoms with Crippen molar-refractivity contribution in [1.82, 2.24) is 14.5 Å². The second-order valence-corrected chi connectivity index (χ2v) is 12.3. The summed E-state index contributed by atoms with van der Waals surface area (Å²) in [5.41, 5.74) is 2.13. The van der Waals surface area contributed by atoms with Gasteiger partial charge in [0.25, 0.3) is 11.8 Å². The molecule has 0 spiro atoms. The normalized spacial score (nSPS) is 13.5. The van der Waals surface area contributed by atoms with Crippen LogP contribution in [0.5, 0.6) is 0 Å². The molecule has 0 radical (unpaired) electrons. The summed E-state index contributed by atoms with van der Waals surface area (Å²) in [5, 5.41) is 5.35. The zero-order valence-corrected chi connectivity index (χ0v) is 24.2. The lowest BCUT2D eigenvalue weighted by molar-refractivity contribution is 0.0924. The zero-order chi connectivity index (χ0) is 28.9. The van der Waals surface area contributed by atoms with E-state index >= 15 is 0 Å². The molecular formula is C28H32N4O6S2. The number of hydrogen-bond donors (Lipinski definition) is 2. The molecule has 1 aromatic heterocycles. The molecule has 0 saturated carbocycles. The van der Waals surface area contributed by atoms with E-state index in [1.54, 1.807) is 13.8 Å². The Morgan fingerprint density at radius 1 is 1.02 bits per heavy atom. The van der Waals surface area contributed by atoms with Crippen molar-refractivity contribution in [3.05, 3.63) is 81.7 Å². The molecule has 212 valence electrons. The molecule has 2 heterocycles. The Bertz CT molecular complexity index is 1490. The first-order valence-corrected chi connectivity index (χ1v) is 15.2. The lowest BCUT2D eigenvalue weighted by atomic mass is 10.0. The van der Waals surface area contributed by atoms with E-state index in [0.29, 0.717) is 18.0 Å². The number of benzene rings is 2. The van der Waals surface area contributed by atoms with Crippen molar-refractivity contribution in [3.63, 3.8) is 0 Å². The van der Waals surface area contributed by atoms with E-state index in [-0.39, 0.29) is 35.7 Å². The molecule has 1 aliphatic rings. The lowest BCUT2D eigenvalue weighted by Crippen LogP contribution is -2.33. The Balaban J connectivity index is 1.55. The number of nitrogens with zero attached hydrogens (tertiary/aromatic N) is 2. The molecule has 0 saturated heterocycles. The number of imide groups is 1. The van der Waals surface area contributed by atoms with Gasteiger partial charge < -0.3 is 15.0 Å². The lowest BCUT2D eigenvalue weighted by Gasteiger charge is -2.22. The van der Waals surface area contributed by atoms with Crippen molar-refractivity contribution in [2.45, 2.75) is 38.3 Å². The quantitative estimate of drug-likeness (QED) is 0.388. The summed E-state index contributed by atoms with van der Waals surface area (Å²) in [6.45, 7) is 5.38. The smallest absolute Gasteiger partial charge is 0.414 e. The fraction of sp³-hybridized carbons (Fsp3) is 0.321. The van der Waals surface area contributed by atoms with Gasteiger partial charge in [-0.05, 0) is 55.8 Å². The highest BCUT2D eigenvalue weighted by atomic mass is 32.2. The Labute approximate surface area is 238 Å². The number of hydrogen-bond acceptors (Lipinski definition) is 8. The number of ether oxygens (including phenoxy) is 1. The maximum atomic E-state index is 13.3. The molecule has 0 fully saturated rings. The first-order chi connectivity index (χ1) is 19.1. The molecule has 0 unspecified atom stereocenters. The van der Waals surface area contributed by atoms with Gasteiger partial charge in [0.1, 0.15) is 5.00 Å². The van der Waals surface area contributed by atoms with Crippen LogP contribution in [0.1, 0.15) is 50.6 Å². The molecule has 3 amide bonds. The van der Waals surface area contributed by atoms with Gasteiger partial charge >= 0.3 is 6.09 Å². The summed E-state index contributed by atoms with van der Waals surface area (Å²) in [6.07, 6.45) is -0.268. The van der Waals surface area contributed by atoms with E-state index in [2.05, 4.69) is 15.5 Å². The van der Waals surface area contributed by atoms with Crippen LogP contribution in [0.3, 0.4) is 0 Å². The molecule has 4 rings (SSSR count). The van der Waals surface area contributed by atoms with Crippen molar-refractivity contribution < 1.29 is 27.5 Å². The van der Waals surface area contributed by atoms with Crippen molar-refractivity contribution in [2.24, 2.45) is 0 Å². The van der Waals surface area contributed by atoms with Gasteiger partial charge in [0.05, 0.1) is 17.1 Å². The molecule has 0 aliphatic carbocycles. The van der Waals surface area contributed by atoms with Gasteiger partial charge in [-0.2, -0.15) is 4.31 Å². The predicted molar refractivity (Wildman–Crippen MR) is 153 cm³/mol. The van der Waals surface area contributed by atoms with Gasteiger partial charge in [0, 0.05) is 36.6 Å². The summed E-state index contributed by atoms with van der Waals surface area (Å²) < 4.78 is 32.8.